The van der Waals surface area contributed by atoms with Gasteiger partial charge in [-0.25, -0.2) is 0 Å². The van der Waals surface area contributed by atoms with Gasteiger partial charge in [-0.1, -0.05) is 42.5 Å². The largest absolute Gasteiger partial charge is 0.327 e. The van der Waals surface area contributed by atoms with E-state index >= 15 is 0 Å². The highest BCUT2D eigenvalue weighted by atomic mass is 16.2. The zero-order valence-corrected chi connectivity index (χ0v) is 14.7. The van der Waals surface area contributed by atoms with Crippen LogP contribution in [-0.2, 0) is 9.59 Å². The first kappa shape index (κ1) is 17.7. The lowest BCUT2D eigenvalue weighted by atomic mass is 10.1. The van der Waals surface area contributed by atoms with Crippen molar-refractivity contribution in [1.29, 1.82) is 0 Å². The van der Waals surface area contributed by atoms with E-state index in [0.717, 1.165) is 22.4 Å². The molecule has 1 N–H and O–H groups in total. The molecule has 0 saturated carbocycles. The third-order valence-electron chi connectivity index (χ3n) is 4.14. The average Bonchev–Trinajstić information content (AvgIpc) is 2.56. The van der Waals surface area contributed by atoms with Crippen molar-refractivity contribution in [2.75, 3.05) is 11.9 Å². The number of rotatable bonds is 5. The van der Waals surface area contributed by atoms with Crippen molar-refractivity contribution in [3.8, 4) is 0 Å². The number of amides is 2. The van der Waals surface area contributed by atoms with Crippen molar-refractivity contribution < 1.29 is 9.59 Å². The smallest absolute Gasteiger partial charge is 0.244 e. The van der Waals surface area contributed by atoms with E-state index < -0.39 is 0 Å². The molecule has 0 radical (unpaired) electrons. The van der Waals surface area contributed by atoms with Gasteiger partial charge >= 0.3 is 0 Å². The standard InChI is InChI=1S/C20H24N2O2/c1-14-10-11-15(2)19(12-14)21-20(24)13-22(17(4)23)16(3)18-8-6-5-7-9-18/h5-12,16H,13H2,1-4H3,(H,21,24). The molecule has 0 aliphatic rings. The summed E-state index contributed by atoms with van der Waals surface area (Å²) in [6.07, 6.45) is 0. The van der Waals surface area contributed by atoms with E-state index in [2.05, 4.69) is 5.32 Å². The van der Waals surface area contributed by atoms with Gasteiger partial charge in [0.05, 0.1) is 6.04 Å². The van der Waals surface area contributed by atoms with Crippen LogP contribution in [0.4, 0.5) is 5.69 Å². The Balaban J connectivity index is 2.11. The van der Waals surface area contributed by atoms with E-state index in [0.29, 0.717) is 0 Å². The molecule has 2 amide bonds. The summed E-state index contributed by atoms with van der Waals surface area (Å²) in [6, 6.07) is 15.5. The molecule has 4 heteroatoms. The third kappa shape index (κ3) is 4.44. The number of hydrogen-bond acceptors (Lipinski definition) is 2. The van der Waals surface area contributed by atoms with Crippen molar-refractivity contribution in [3.05, 3.63) is 65.2 Å². The average molecular weight is 324 g/mol. The Labute approximate surface area is 143 Å². The van der Waals surface area contributed by atoms with Gasteiger partial charge in [0.25, 0.3) is 0 Å². The fraction of sp³-hybridized carbons (Fsp3) is 0.300. The van der Waals surface area contributed by atoms with Gasteiger partial charge < -0.3 is 10.2 Å². The molecule has 2 aromatic carbocycles. The molecule has 24 heavy (non-hydrogen) atoms. The molecule has 2 aromatic rings. The van der Waals surface area contributed by atoms with Crippen molar-refractivity contribution in [2.45, 2.75) is 33.7 Å². The number of nitrogens with one attached hydrogen (secondary N) is 1. The van der Waals surface area contributed by atoms with Gasteiger partial charge in [-0.3, -0.25) is 9.59 Å². The van der Waals surface area contributed by atoms with Crippen molar-refractivity contribution in [3.63, 3.8) is 0 Å². The fourth-order valence-electron chi connectivity index (χ4n) is 2.65. The Morgan fingerprint density at radius 3 is 2.38 bits per heavy atom. The zero-order chi connectivity index (χ0) is 17.7. The Hall–Kier alpha value is -2.62. The summed E-state index contributed by atoms with van der Waals surface area (Å²) in [6.45, 7) is 7.38. The topological polar surface area (TPSA) is 49.4 Å². The monoisotopic (exact) mass is 324 g/mol. The van der Waals surface area contributed by atoms with E-state index in [1.165, 1.54) is 6.92 Å². The van der Waals surface area contributed by atoms with Gasteiger partial charge in [-0.05, 0) is 43.5 Å². The second kappa shape index (κ2) is 7.77. The maximum Gasteiger partial charge on any atom is 0.244 e. The van der Waals surface area contributed by atoms with Crippen LogP contribution in [-0.4, -0.2) is 23.3 Å². The number of aryl methyl sites for hydroxylation is 2. The van der Waals surface area contributed by atoms with E-state index in [-0.39, 0.29) is 24.4 Å². The molecule has 0 saturated heterocycles. The summed E-state index contributed by atoms with van der Waals surface area (Å²) in [4.78, 5) is 26.0. The second-order valence-electron chi connectivity index (χ2n) is 6.10. The van der Waals surface area contributed by atoms with E-state index in [1.807, 2.05) is 69.3 Å². The normalized spacial score (nSPS) is 11.7. The minimum absolute atomic E-state index is 0.0266. The van der Waals surface area contributed by atoms with Gasteiger partial charge in [-0.2, -0.15) is 0 Å². The van der Waals surface area contributed by atoms with Crippen LogP contribution in [0.15, 0.2) is 48.5 Å². The molecule has 1 atom stereocenters. The molecule has 0 aliphatic heterocycles. The first-order chi connectivity index (χ1) is 11.4. The molecule has 0 aliphatic carbocycles. The molecule has 0 bridgehead atoms. The quantitative estimate of drug-likeness (QED) is 0.908. The number of carbonyl (C=O) groups excluding carboxylic acids is 2. The van der Waals surface area contributed by atoms with Crippen LogP contribution < -0.4 is 5.32 Å². The number of nitrogens with zero attached hydrogens (tertiary/aromatic N) is 1. The van der Waals surface area contributed by atoms with Crippen LogP contribution >= 0.6 is 0 Å². The van der Waals surface area contributed by atoms with Crippen molar-refractivity contribution >= 4 is 17.5 Å². The van der Waals surface area contributed by atoms with E-state index in [9.17, 15) is 9.59 Å². The zero-order valence-electron chi connectivity index (χ0n) is 14.7. The number of hydrogen-bond donors (Lipinski definition) is 1. The number of anilines is 1. The van der Waals surface area contributed by atoms with E-state index in [4.69, 9.17) is 0 Å². The molecule has 126 valence electrons. The van der Waals surface area contributed by atoms with Crippen LogP contribution in [0.5, 0.6) is 0 Å². The van der Waals surface area contributed by atoms with Crippen LogP contribution in [0.2, 0.25) is 0 Å². The third-order valence-corrected chi connectivity index (χ3v) is 4.14. The lowest BCUT2D eigenvalue weighted by Gasteiger charge is -2.28. The summed E-state index contributed by atoms with van der Waals surface area (Å²) in [5.74, 6) is -0.316. The predicted molar refractivity (Wildman–Crippen MR) is 96.8 cm³/mol. The number of benzene rings is 2. The maximum absolute atomic E-state index is 12.4. The summed E-state index contributed by atoms with van der Waals surface area (Å²) >= 11 is 0. The van der Waals surface area contributed by atoms with Crippen LogP contribution in [0.1, 0.15) is 36.6 Å². The molecule has 2 rings (SSSR count). The molecule has 0 spiro atoms. The maximum atomic E-state index is 12.4. The molecule has 0 aromatic heterocycles. The molecule has 1 unspecified atom stereocenters. The van der Waals surface area contributed by atoms with Crippen LogP contribution in [0, 0.1) is 13.8 Å². The summed E-state index contributed by atoms with van der Waals surface area (Å²) < 4.78 is 0. The molecular weight excluding hydrogens is 300 g/mol. The second-order valence-corrected chi connectivity index (χ2v) is 6.10. The lowest BCUT2D eigenvalue weighted by Crippen LogP contribution is -2.38. The fourth-order valence-corrected chi connectivity index (χ4v) is 2.65. The first-order valence-corrected chi connectivity index (χ1v) is 8.07. The highest BCUT2D eigenvalue weighted by Crippen LogP contribution is 2.21. The molecule has 4 nitrogen and oxygen atoms in total. The lowest BCUT2D eigenvalue weighted by molar-refractivity contribution is -0.134. The molecular formula is C20H24N2O2. The van der Waals surface area contributed by atoms with Gasteiger partial charge in [0.15, 0.2) is 0 Å². The van der Waals surface area contributed by atoms with Gasteiger partial charge in [0.2, 0.25) is 11.8 Å². The van der Waals surface area contributed by atoms with Crippen LogP contribution in [0.25, 0.3) is 0 Å². The minimum Gasteiger partial charge on any atom is -0.327 e. The Morgan fingerprint density at radius 2 is 1.75 bits per heavy atom. The first-order valence-electron chi connectivity index (χ1n) is 8.07. The number of carbonyl (C=O) groups is 2. The Kier molecular flexibility index (Phi) is 5.74. The summed E-state index contributed by atoms with van der Waals surface area (Å²) in [5.41, 5.74) is 3.87. The highest BCUT2D eigenvalue weighted by Gasteiger charge is 2.21. The van der Waals surface area contributed by atoms with Gasteiger partial charge in [0, 0.05) is 12.6 Å². The molecule has 0 heterocycles. The highest BCUT2D eigenvalue weighted by molar-refractivity contribution is 5.95. The van der Waals surface area contributed by atoms with Gasteiger partial charge in [-0.15, -0.1) is 0 Å². The SMILES string of the molecule is CC(=O)N(CC(=O)Nc1cc(C)ccc1C)C(C)c1ccccc1. The Morgan fingerprint density at radius 1 is 1.08 bits per heavy atom. The summed E-state index contributed by atoms with van der Waals surface area (Å²) in [7, 11) is 0. The summed E-state index contributed by atoms with van der Waals surface area (Å²) in [5, 5.41) is 2.91. The Bertz CT molecular complexity index is 726. The van der Waals surface area contributed by atoms with Crippen molar-refractivity contribution in [2.24, 2.45) is 0 Å². The predicted octanol–water partition coefficient (Wildman–Crippen LogP) is 3.85. The van der Waals surface area contributed by atoms with E-state index in [1.54, 1.807) is 4.90 Å². The van der Waals surface area contributed by atoms with Crippen LogP contribution in [0.3, 0.4) is 0 Å². The molecule has 0 fully saturated rings. The minimum atomic E-state index is -0.193. The van der Waals surface area contributed by atoms with Gasteiger partial charge in [0.1, 0.15) is 6.54 Å². The van der Waals surface area contributed by atoms with Crippen molar-refractivity contribution in [1.82, 2.24) is 4.90 Å².